The summed E-state index contributed by atoms with van der Waals surface area (Å²) in [7, 11) is 0. The molecule has 4 nitrogen and oxygen atoms in total. The Balaban J connectivity index is -0.000000607. The maximum Gasteiger partial charge on any atom is 2.00 e. The summed E-state index contributed by atoms with van der Waals surface area (Å²) >= 11 is 0. The zero-order valence-electron chi connectivity index (χ0n) is 22.9. The number of unbranched alkanes of at least 4 members (excludes halogenated alkanes) is 10. The molecule has 0 aliphatic carbocycles. The first-order valence-electron chi connectivity index (χ1n) is 12.6. The van der Waals surface area contributed by atoms with E-state index < -0.39 is 5.97 Å². The van der Waals surface area contributed by atoms with E-state index in [4.69, 9.17) is 5.11 Å². The minimum absolute atomic E-state index is 0. The molecule has 0 aromatic carbocycles. The first-order valence-corrected chi connectivity index (χ1v) is 12.6. The topological polar surface area (TPSA) is 75.5 Å². The molecule has 0 saturated carbocycles. The number of carbonyl (C=O) groups is 1. The Morgan fingerprint density at radius 3 is 1.63 bits per heavy atom. The van der Waals surface area contributed by atoms with Crippen LogP contribution in [0.1, 0.15) is 133 Å². The van der Waals surface area contributed by atoms with Crippen molar-refractivity contribution in [2.75, 3.05) is 19.6 Å². The number of hydrogen-bond donors (Lipinski definition) is 2. The van der Waals surface area contributed by atoms with E-state index in [2.05, 4.69) is 25.7 Å². The van der Waals surface area contributed by atoms with Crippen molar-refractivity contribution in [1.82, 2.24) is 11.1 Å². The second-order valence-corrected chi connectivity index (χ2v) is 8.65. The third-order valence-electron chi connectivity index (χ3n) is 6.20. The average molecular weight is 457 g/mol. The molecular formula is C25H56CaN2O2. The fraction of sp³-hybridized carbons (Fsp3) is 0.960. The van der Waals surface area contributed by atoms with Crippen molar-refractivity contribution < 1.29 is 12.8 Å². The molecule has 0 rings (SSSR count). The van der Waals surface area contributed by atoms with Gasteiger partial charge in [-0.25, -0.2) is 0 Å². The molecule has 30 heavy (non-hydrogen) atoms. The van der Waals surface area contributed by atoms with Gasteiger partial charge in [-0.05, 0) is 44.8 Å². The molecule has 0 aromatic rings. The van der Waals surface area contributed by atoms with Crippen molar-refractivity contribution in [3.8, 4) is 0 Å². The molecule has 1 unspecified atom stereocenters. The van der Waals surface area contributed by atoms with Crippen LogP contribution in [0.4, 0.5) is 0 Å². The normalized spacial score (nSPS) is 11.7. The Bertz CT molecular complexity index is 350. The number of rotatable bonds is 22. The molecule has 0 saturated heterocycles. The van der Waals surface area contributed by atoms with Crippen molar-refractivity contribution in [2.24, 2.45) is 5.92 Å². The van der Waals surface area contributed by atoms with Crippen molar-refractivity contribution in [3.05, 3.63) is 0 Å². The van der Waals surface area contributed by atoms with Gasteiger partial charge in [0.2, 0.25) is 0 Å². The summed E-state index contributed by atoms with van der Waals surface area (Å²) in [6.07, 6.45) is 21.5. The van der Waals surface area contributed by atoms with Crippen LogP contribution < -0.4 is 6.15 Å². The summed E-state index contributed by atoms with van der Waals surface area (Å²) < 4.78 is 0. The molecule has 1 atom stereocenters. The zero-order chi connectivity index (χ0) is 20.9. The maximum absolute atomic E-state index is 10.5. The van der Waals surface area contributed by atoms with E-state index in [9.17, 15) is 4.79 Å². The number of hydrogen-bond acceptors (Lipinski definition) is 3. The van der Waals surface area contributed by atoms with Crippen LogP contribution in [0.25, 0.3) is 0 Å². The Labute approximate surface area is 221 Å². The summed E-state index contributed by atoms with van der Waals surface area (Å²) in [5, 5.41) is 8.64. The number of carboxylic acid groups (broad SMARTS) is 1. The van der Waals surface area contributed by atoms with Gasteiger partial charge in [0, 0.05) is 6.42 Å². The summed E-state index contributed by atoms with van der Waals surface area (Å²) in [5.74, 6) is 0.296. The Morgan fingerprint density at radius 2 is 1.17 bits per heavy atom. The Kier molecular flexibility index (Phi) is 32.5. The van der Waals surface area contributed by atoms with Crippen LogP contribution in [0.2, 0.25) is 0 Å². The van der Waals surface area contributed by atoms with Crippen LogP contribution in [-0.4, -0.2) is 73.3 Å². The van der Waals surface area contributed by atoms with Gasteiger partial charge in [-0.2, -0.15) is 0 Å². The van der Waals surface area contributed by atoms with E-state index in [0.717, 1.165) is 18.8 Å². The average Bonchev–Trinajstić information content (AvgIpc) is 2.69. The Morgan fingerprint density at radius 1 is 0.733 bits per heavy atom. The summed E-state index contributed by atoms with van der Waals surface area (Å²) in [5.41, 5.74) is 0. The molecule has 0 spiro atoms. The van der Waals surface area contributed by atoms with Crippen molar-refractivity contribution >= 4 is 43.7 Å². The standard InChI is InChI=1S/C25H51NO2.Ca.H3N.2H/c1-4-7-8-15-19-24(21-18-23-26(5-2)6-3)20-16-13-11-9-10-12-14-17-22-25(27)28;;;;/h24H,4-23H2,1-3H3,(H,27,28);;1H3;;/q;+2;;2*-1. The van der Waals surface area contributed by atoms with E-state index in [1.54, 1.807) is 0 Å². The minimum atomic E-state index is -0.652. The van der Waals surface area contributed by atoms with E-state index in [1.807, 2.05) is 0 Å². The second-order valence-electron chi connectivity index (χ2n) is 8.65. The molecule has 5 heteroatoms. The third kappa shape index (κ3) is 24.9. The monoisotopic (exact) mass is 456 g/mol. The van der Waals surface area contributed by atoms with E-state index in [0.29, 0.717) is 6.42 Å². The summed E-state index contributed by atoms with van der Waals surface area (Å²) in [4.78, 5) is 13.0. The van der Waals surface area contributed by atoms with Gasteiger partial charge in [-0.3, -0.25) is 4.79 Å². The predicted molar refractivity (Wildman–Crippen MR) is 136 cm³/mol. The van der Waals surface area contributed by atoms with Crippen molar-refractivity contribution in [2.45, 2.75) is 130 Å². The first-order chi connectivity index (χ1) is 13.6. The molecule has 0 heterocycles. The first kappa shape index (κ1) is 35.2. The van der Waals surface area contributed by atoms with Gasteiger partial charge in [-0.1, -0.05) is 104 Å². The molecule has 0 aliphatic rings. The van der Waals surface area contributed by atoms with Crippen molar-refractivity contribution in [3.63, 3.8) is 0 Å². The van der Waals surface area contributed by atoms with Gasteiger partial charge in [0.05, 0.1) is 0 Å². The van der Waals surface area contributed by atoms with Crippen LogP contribution in [0.3, 0.4) is 0 Å². The molecule has 180 valence electrons. The number of aliphatic carboxylic acids is 1. The molecule has 0 amide bonds. The van der Waals surface area contributed by atoms with E-state index >= 15 is 0 Å². The van der Waals surface area contributed by atoms with Crippen LogP contribution >= 0.6 is 0 Å². The third-order valence-corrected chi connectivity index (χ3v) is 6.20. The molecule has 0 bridgehead atoms. The minimum Gasteiger partial charge on any atom is -1.00 e. The quantitative estimate of drug-likeness (QED) is 0.129. The largest absolute Gasteiger partial charge is 2.00 e. The molecule has 0 aromatic heterocycles. The Hall–Kier alpha value is 0.650. The van der Waals surface area contributed by atoms with Crippen molar-refractivity contribution in [1.29, 1.82) is 0 Å². The molecule has 4 N–H and O–H groups in total. The van der Waals surface area contributed by atoms with Gasteiger partial charge >= 0.3 is 43.7 Å². The predicted octanol–water partition coefficient (Wildman–Crippen LogP) is 7.69. The fourth-order valence-electron chi connectivity index (χ4n) is 4.21. The number of nitrogens with zero attached hydrogens (tertiary/aromatic N) is 1. The van der Waals surface area contributed by atoms with Gasteiger partial charge in [0.25, 0.3) is 0 Å². The maximum atomic E-state index is 10.5. The summed E-state index contributed by atoms with van der Waals surface area (Å²) in [6.45, 7) is 10.5. The van der Waals surface area contributed by atoms with Crippen LogP contribution in [-0.2, 0) is 4.79 Å². The molecule has 0 fully saturated rings. The van der Waals surface area contributed by atoms with Gasteiger partial charge < -0.3 is 19.0 Å². The summed E-state index contributed by atoms with van der Waals surface area (Å²) in [6, 6.07) is 0. The zero-order valence-corrected chi connectivity index (χ0v) is 23.1. The SMILES string of the molecule is CCCCCCC(CCCCCCCCCCC(=O)O)CCCN(CC)CC.N.[Ca+2].[H-].[H-]. The van der Waals surface area contributed by atoms with Gasteiger partial charge in [0.15, 0.2) is 0 Å². The van der Waals surface area contributed by atoms with Crippen LogP contribution in [0.15, 0.2) is 0 Å². The van der Waals surface area contributed by atoms with Gasteiger partial charge in [0.1, 0.15) is 0 Å². The molecular weight excluding hydrogens is 400 g/mol. The second kappa shape index (κ2) is 27.7. The van der Waals surface area contributed by atoms with Gasteiger partial charge in [-0.15, -0.1) is 0 Å². The molecule has 0 aliphatic heterocycles. The van der Waals surface area contributed by atoms with E-state index in [1.165, 1.54) is 110 Å². The fourth-order valence-corrected chi connectivity index (χ4v) is 4.21. The molecule has 0 radical (unpaired) electrons. The van der Waals surface area contributed by atoms with E-state index in [-0.39, 0.29) is 46.7 Å². The van der Waals surface area contributed by atoms with Crippen LogP contribution in [0.5, 0.6) is 0 Å². The smallest absolute Gasteiger partial charge is 1.00 e. The number of carboxylic acids is 1. The van der Waals surface area contributed by atoms with Crippen LogP contribution in [0, 0.1) is 5.92 Å².